The predicted octanol–water partition coefficient (Wildman–Crippen LogP) is 2.13. The Hall–Kier alpha value is -1.98. The van der Waals surface area contributed by atoms with E-state index in [1.807, 2.05) is 37.3 Å². The van der Waals surface area contributed by atoms with Crippen LogP contribution in [0.25, 0.3) is 5.69 Å². The Labute approximate surface area is 113 Å². The molecule has 1 aromatic carbocycles. The van der Waals surface area contributed by atoms with E-state index in [4.69, 9.17) is 5.84 Å². The van der Waals surface area contributed by atoms with Gasteiger partial charge in [0.2, 0.25) is 0 Å². The molecule has 0 saturated carbocycles. The van der Waals surface area contributed by atoms with Crippen LogP contribution in [0.15, 0.2) is 48.7 Å². The molecule has 1 aromatic heterocycles. The van der Waals surface area contributed by atoms with Gasteiger partial charge in [0.25, 0.3) is 0 Å². The van der Waals surface area contributed by atoms with Crippen molar-refractivity contribution < 1.29 is 0 Å². The lowest BCUT2D eigenvalue weighted by Crippen LogP contribution is -2.28. The molecular weight excluding hydrogens is 238 g/mol. The third kappa shape index (κ3) is 3.49. The Morgan fingerprint density at radius 3 is 2.79 bits per heavy atom. The summed E-state index contributed by atoms with van der Waals surface area (Å²) >= 11 is 0. The Morgan fingerprint density at radius 2 is 2.16 bits per heavy atom. The molecule has 2 rings (SSSR count). The van der Waals surface area contributed by atoms with Crippen molar-refractivity contribution in [2.45, 2.75) is 25.8 Å². The van der Waals surface area contributed by atoms with Crippen molar-refractivity contribution in [1.82, 2.24) is 20.4 Å². The molecule has 5 heteroatoms. The van der Waals surface area contributed by atoms with Gasteiger partial charge in [-0.15, -0.1) is 6.58 Å². The highest BCUT2D eigenvalue weighted by molar-refractivity contribution is 5.28. The van der Waals surface area contributed by atoms with E-state index < -0.39 is 0 Å². The number of nitrogens with zero attached hydrogens (tertiary/aromatic N) is 3. The lowest BCUT2D eigenvalue weighted by Gasteiger charge is -2.12. The van der Waals surface area contributed by atoms with Crippen LogP contribution in [0.2, 0.25) is 0 Å². The summed E-state index contributed by atoms with van der Waals surface area (Å²) in [5, 5.41) is 8.73. The maximum absolute atomic E-state index is 5.58. The third-order valence-corrected chi connectivity index (χ3v) is 2.91. The summed E-state index contributed by atoms with van der Waals surface area (Å²) in [4.78, 5) is 1.61. The first-order valence-electron chi connectivity index (χ1n) is 6.29. The SMILES string of the molecule is C=C(C)CCC(NN)c1cnn(-c2ccccc2)n1. The highest BCUT2D eigenvalue weighted by atomic mass is 15.5. The molecule has 1 unspecified atom stereocenters. The second-order valence-corrected chi connectivity index (χ2v) is 4.61. The molecule has 0 aliphatic heterocycles. The summed E-state index contributed by atoms with van der Waals surface area (Å²) in [7, 11) is 0. The van der Waals surface area contributed by atoms with Crippen LogP contribution in [0.4, 0.5) is 0 Å². The number of para-hydroxylation sites is 1. The van der Waals surface area contributed by atoms with Gasteiger partial charge >= 0.3 is 0 Å². The number of aromatic nitrogens is 3. The van der Waals surface area contributed by atoms with Gasteiger partial charge in [0.05, 0.1) is 17.9 Å². The van der Waals surface area contributed by atoms with Crippen LogP contribution in [0.1, 0.15) is 31.5 Å². The Bertz CT molecular complexity index is 532. The summed E-state index contributed by atoms with van der Waals surface area (Å²) < 4.78 is 0. The molecule has 100 valence electrons. The number of nitrogens with one attached hydrogen (secondary N) is 1. The highest BCUT2D eigenvalue weighted by Gasteiger charge is 2.14. The number of hydrogen-bond donors (Lipinski definition) is 2. The van der Waals surface area contributed by atoms with Crippen molar-refractivity contribution in [3.63, 3.8) is 0 Å². The molecular formula is C14H19N5. The minimum absolute atomic E-state index is 0.00541. The molecule has 0 spiro atoms. The first-order chi connectivity index (χ1) is 9.20. The molecule has 0 bridgehead atoms. The van der Waals surface area contributed by atoms with E-state index in [1.54, 1.807) is 11.0 Å². The fourth-order valence-corrected chi connectivity index (χ4v) is 1.83. The molecule has 0 aliphatic carbocycles. The van der Waals surface area contributed by atoms with Crippen molar-refractivity contribution in [1.29, 1.82) is 0 Å². The van der Waals surface area contributed by atoms with E-state index in [2.05, 4.69) is 22.2 Å². The fraction of sp³-hybridized carbons (Fsp3) is 0.286. The van der Waals surface area contributed by atoms with Crippen LogP contribution in [0.5, 0.6) is 0 Å². The van der Waals surface area contributed by atoms with E-state index in [0.29, 0.717) is 0 Å². The van der Waals surface area contributed by atoms with Gasteiger partial charge in [-0.3, -0.25) is 11.3 Å². The molecule has 1 atom stereocenters. The Morgan fingerprint density at radius 1 is 1.42 bits per heavy atom. The van der Waals surface area contributed by atoms with Crippen molar-refractivity contribution in [3.8, 4) is 5.69 Å². The molecule has 3 N–H and O–H groups in total. The quantitative estimate of drug-likeness (QED) is 0.472. The molecule has 0 amide bonds. The zero-order valence-corrected chi connectivity index (χ0v) is 11.1. The average Bonchev–Trinajstić information content (AvgIpc) is 2.90. The second-order valence-electron chi connectivity index (χ2n) is 4.61. The molecule has 1 heterocycles. The van der Waals surface area contributed by atoms with Gasteiger partial charge < -0.3 is 0 Å². The zero-order valence-electron chi connectivity index (χ0n) is 11.1. The number of nitrogens with two attached hydrogens (primary N) is 1. The van der Waals surface area contributed by atoms with E-state index in [9.17, 15) is 0 Å². The van der Waals surface area contributed by atoms with Crippen LogP contribution in [0, 0.1) is 0 Å². The largest absolute Gasteiger partial charge is 0.271 e. The minimum Gasteiger partial charge on any atom is -0.271 e. The molecule has 5 nitrogen and oxygen atoms in total. The van der Waals surface area contributed by atoms with Gasteiger partial charge in [0.1, 0.15) is 5.69 Å². The molecule has 19 heavy (non-hydrogen) atoms. The molecule has 0 fully saturated rings. The molecule has 0 radical (unpaired) electrons. The van der Waals surface area contributed by atoms with Gasteiger partial charge in [0.15, 0.2) is 0 Å². The number of hydrogen-bond acceptors (Lipinski definition) is 4. The minimum atomic E-state index is -0.00541. The van der Waals surface area contributed by atoms with Gasteiger partial charge in [-0.1, -0.05) is 23.8 Å². The molecule has 2 aromatic rings. The molecule has 0 saturated heterocycles. The number of benzene rings is 1. The summed E-state index contributed by atoms with van der Waals surface area (Å²) in [6.45, 7) is 5.91. The van der Waals surface area contributed by atoms with Crippen molar-refractivity contribution >= 4 is 0 Å². The normalized spacial score (nSPS) is 12.3. The lowest BCUT2D eigenvalue weighted by atomic mass is 10.1. The number of allylic oxidation sites excluding steroid dienone is 1. The van der Waals surface area contributed by atoms with Crippen molar-refractivity contribution in [2.24, 2.45) is 5.84 Å². The standard InChI is InChI=1S/C14H19N5/c1-11(2)8-9-13(17-15)14-10-16-19(18-14)12-6-4-3-5-7-12/h3-7,10,13,17H,1,8-9,15H2,2H3. The topological polar surface area (TPSA) is 68.8 Å². The highest BCUT2D eigenvalue weighted by Crippen LogP contribution is 2.17. The van der Waals surface area contributed by atoms with Gasteiger partial charge in [0, 0.05) is 0 Å². The Kier molecular flexibility index (Phi) is 4.43. The summed E-state index contributed by atoms with van der Waals surface area (Å²) in [6, 6.07) is 9.79. The Balaban J connectivity index is 2.13. The number of hydrazine groups is 1. The van der Waals surface area contributed by atoms with Gasteiger partial charge in [-0.2, -0.15) is 15.0 Å². The predicted molar refractivity (Wildman–Crippen MR) is 75.5 cm³/mol. The van der Waals surface area contributed by atoms with E-state index in [0.717, 1.165) is 29.8 Å². The van der Waals surface area contributed by atoms with Gasteiger partial charge in [-0.05, 0) is 31.9 Å². The first kappa shape index (κ1) is 13.5. The smallest absolute Gasteiger partial charge is 0.101 e. The van der Waals surface area contributed by atoms with Crippen LogP contribution < -0.4 is 11.3 Å². The number of rotatable bonds is 6. The van der Waals surface area contributed by atoms with E-state index in [-0.39, 0.29) is 6.04 Å². The van der Waals surface area contributed by atoms with Crippen LogP contribution >= 0.6 is 0 Å². The lowest BCUT2D eigenvalue weighted by molar-refractivity contribution is 0.499. The summed E-state index contributed by atoms with van der Waals surface area (Å²) in [5.74, 6) is 5.58. The van der Waals surface area contributed by atoms with Crippen molar-refractivity contribution in [3.05, 3.63) is 54.4 Å². The monoisotopic (exact) mass is 257 g/mol. The maximum Gasteiger partial charge on any atom is 0.101 e. The van der Waals surface area contributed by atoms with Crippen molar-refractivity contribution in [2.75, 3.05) is 0 Å². The van der Waals surface area contributed by atoms with E-state index in [1.165, 1.54) is 0 Å². The summed E-state index contributed by atoms with van der Waals surface area (Å²) in [6.07, 6.45) is 3.52. The first-order valence-corrected chi connectivity index (χ1v) is 6.29. The van der Waals surface area contributed by atoms with E-state index >= 15 is 0 Å². The third-order valence-electron chi connectivity index (χ3n) is 2.91. The van der Waals surface area contributed by atoms with Gasteiger partial charge in [-0.25, -0.2) is 0 Å². The fourth-order valence-electron chi connectivity index (χ4n) is 1.83. The second kappa shape index (κ2) is 6.26. The molecule has 0 aliphatic rings. The van der Waals surface area contributed by atoms with Crippen LogP contribution in [0.3, 0.4) is 0 Å². The zero-order chi connectivity index (χ0) is 13.7. The van der Waals surface area contributed by atoms with Crippen LogP contribution in [-0.4, -0.2) is 15.0 Å². The van der Waals surface area contributed by atoms with Crippen LogP contribution in [-0.2, 0) is 0 Å². The maximum atomic E-state index is 5.58. The average molecular weight is 257 g/mol. The summed E-state index contributed by atoms with van der Waals surface area (Å²) in [5.41, 5.74) is 5.69.